The van der Waals surface area contributed by atoms with E-state index in [2.05, 4.69) is 0 Å². The number of ether oxygens (including phenoxy) is 1. The van der Waals surface area contributed by atoms with Gasteiger partial charge in [-0.2, -0.15) is 0 Å². The average Bonchev–Trinajstić information content (AvgIpc) is 2.42. The number of nitrogens with two attached hydrogens (primary N) is 1. The van der Waals surface area contributed by atoms with Gasteiger partial charge in [0.05, 0.1) is 5.60 Å². The van der Waals surface area contributed by atoms with Crippen LogP contribution in [0.15, 0.2) is 48.5 Å². The second-order valence-corrected chi connectivity index (χ2v) is 4.89. The summed E-state index contributed by atoms with van der Waals surface area (Å²) in [4.78, 5) is 0. The molecule has 1 unspecified atom stereocenters. The van der Waals surface area contributed by atoms with E-state index >= 15 is 0 Å². The maximum absolute atomic E-state index is 12.8. The van der Waals surface area contributed by atoms with E-state index in [4.69, 9.17) is 10.5 Å². The van der Waals surface area contributed by atoms with Gasteiger partial charge in [0.25, 0.3) is 0 Å². The van der Waals surface area contributed by atoms with Crippen LogP contribution in [0.25, 0.3) is 0 Å². The molecule has 1 atom stereocenters. The number of rotatable bonds is 5. The van der Waals surface area contributed by atoms with Crippen LogP contribution >= 0.6 is 0 Å². The van der Waals surface area contributed by atoms with E-state index < -0.39 is 5.60 Å². The molecule has 0 saturated heterocycles. The molecule has 3 nitrogen and oxygen atoms in total. The highest BCUT2D eigenvalue weighted by Gasteiger charge is 2.21. The lowest BCUT2D eigenvalue weighted by molar-refractivity contribution is 0.0504. The van der Waals surface area contributed by atoms with Crippen LogP contribution in [-0.2, 0) is 5.60 Å². The number of aliphatic hydroxyl groups is 1. The molecule has 0 bridgehead atoms. The Morgan fingerprint density at radius 3 is 2.05 bits per heavy atom. The Hall–Kier alpha value is -1.91. The van der Waals surface area contributed by atoms with E-state index in [9.17, 15) is 9.50 Å². The third kappa shape index (κ3) is 3.56. The van der Waals surface area contributed by atoms with Gasteiger partial charge in [0.1, 0.15) is 17.3 Å². The molecule has 0 heterocycles. The van der Waals surface area contributed by atoms with E-state index in [-0.39, 0.29) is 5.82 Å². The molecule has 0 saturated carbocycles. The molecule has 0 aliphatic carbocycles. The summed E-state index contributed by atoms with van der Waals surface area (Å²) in [5.74, 6) is 0.891. The van der Waals surface area contributed by atoms with Crippen molar-refractivity contribution in [3.8, 4) is 11.5 Å². The third-order valence-electron chi connectivity index (χ3n) is 3.16. The SMILES string of the molecule is CC(O)(CCN)c1ccc(Oc2ccc(F)cc2)cc1. The molecule has 20 heavy (non-hydrogen) atoms. The van der Waals surface area contributed by atoms with E-state index in [1.807, 2.05) is 0 Å². The summed E-state index contributed by atoms with van der Waals surface area (Å²) in [7, 11) is 0. The molecule has 0 aliphatic rings. The lowest BCUT2D eigenvalue weighted by Crippen LogP contribution is -2.24. The highest BCUT2D eigenvalue weighted by molar-refractivity contribution is 5.34. The largest absolute Gasteiger partial charge is 0.457 e. The van der Waals surface area contributed by atoms with Gasteiger partial charge in [-0.25, -0.2) is 4.39 Å². The number of hydrogen-bond acceptors (Lipinski definition) is 3. The molecule has 0 radical (unpaired) electrons. The molecule has 3 N–H and O–H groups in total. The molecule has 2 aromatic rings. The number of halogens is 1. The van der Waals surface area contributed by atoms with Gasteiger partial charge in [-0.05, 0) is 61.9 Å². The molecule has 2 aromatic carbocycles. The van der Waals surface area contributed by atoms with Gasteiger partial charge in [-0.1, -0.05) is 12.1 Å². The minimum absolute atomic E-state index is 0.300. The van der Waals surface area contributed by atoms with Crippen molar-refractivity contribution in [3.63, 3.8) is 0 Å². The summed E-state index contributed by atoms with van der Waals surface area (Å²) in [5.41, 5.74) is 5.33. The van der Waals surface area contributed by atoms with Crippen LogP contribution < -0.4 is 10.5 Å². The first-order chi connectivity index (χ1) is 9.51. The second-order valence-electron chi connectivity index (χ2n) is 4.89. The summed E-state index contributed by atoms with van der Waals surface area (Å²) in [6, 6.07) is 12.9. The van der Waals surface area contributed by atoms with Gasteiger partial charge < -0.3 is 15.6 Å². The molecule has 0 amide bonds. The first kappa shape index (κ1) is 14.5. The molecule has 2 rings (SSSR count). The van der Waals surface area contributed by atoms with Crippen LogP contribution in [0.1, 0.15) is 18.9 Å². The first-order valence-corrected chi connectivity index (χ1v) is 6.48. The Morgan fingerprint density at radius 1 is 1.05 bits per heavy atom. The van der Waals surface area contributed by atoms with Gasteiger partial charge in [0.2, 0.25) is 0 Å². The number of benzene rings is 2. The highest BCUT2D eigenvalue weighted by Crippen LogP contribution is 2.27. The van der Waals surface area contributed by atoms with Gasteiger partial charge in [0, 0.05) is 0 Å². The van der Waals surface area contributed by atoms with Crippen molar-refractivity contribution in [1.82, 2.24) is 0 Å². The van der Waals surface area contributed by atoms with E-state index in [0.29, 0.717) is 24.5 Å². The average molecular weight is 275 g/mol. The van der Waals surface area contributed by atoms with Crippen molar-refractivity contribution in [3.05, 3.63) is 59.9 Å². The summed E-state index contributed by atoms with van der Waals surface area (Å²) in [6.07, 6.45) is 0.491. The highest BCUT2D eigenvalue weighted by atomic mass is 19.1. The van der Waals surface area contributed by atoms with Crippen molar-refractivity contribution >= 4 is 0 Å². The number of hydrogen-bond donors (Lipinski definition) is 2. The molecule has 0 aromatic heterocycles. The second kappa shape index (κ2) is 6.03. The fourth-order valence-electron chi connectivity index (χ4n) is 1.95. The van der Waals surface area contributed by atoms with Crippen LogP contribution in [0.3, 0.4) is 0 Å². The molecular formula is C16H18FNO2. The normalized spacial score (nSPS) is 13.8. The maximum atomic E-state index is 12.8. The first-order valence-electron chi connectivity index (χ1n) is 6.48. The zero-order valence-corrected chi connectivity index (χ0v) is 11.3. The van der Waals surface area contributed by atoms with Crippen molar-refractivity contribution in [1.29, 1.82) is 0 Å². The van der Waals surface area contributed by atoms with Gasteiger partial charge in [-0.15, -0.1) is 0 Å². The van der Waals surface area contributed by atoms with Crippen molar-refractivity contribution in [2.75, 3.05) is 6.54 Å². The van der Waals surface area contributed by atoms with Crippen LogP contribution in [0, 0.1) is 5.82 Å². The predicted molar refractivity (Wildman–Crippen MR) is 76.2 cm³/mol. The molecular weight excluding hydrogens is 257 g/mol. The lowest BCUT2D eigenvalue weighted by atomic mass is 9.93. The Labute approximate surface area is 117 Å². The van der Waals surface area contributed by atoms with E-state index in [1.165, 1.54) is 12.1 Å². The quantitative estimate of drug-likeness (QED) is 0.881. The van der Waals surface area contributed by atoms with Gasteiger partial charge in [-0.3, -0.25) is 0 Å². The van der Waals surface area contributed by atoms with Crippen molar-refractivity contribution < 1.29 is 14.2 Å². The molecule has 0 fully saturated rings. The molecule has 0 spiro atoms. The Kier molecular flexibility index (Phi) is 4.37. The van der Waals surface area contributed by atoms with Crippen molar-refractivity contribution in [2.24, 2.45) is 5.73 Å². The Morgan fingerprint density at radius 2 is 1.55 bits per heavy atom. The summed E-state index contributed by atoms with van der Waals surface area (Å²) in [6.45, 7) is 2.15. The third-order valence-corrected chi connectivity index (χ3v) is 3.16. The smallest absolute Gasteiger partial charge is 0.127 e. The molecule has 0 aliphatic heterocycles. The van der Waals surface area contributed by atoms with Crippen LogP contribution in [-0.4, -0.2) is 11.7 Å². The topological polar surface area (TPSA) is 55.5 Å². The van der Waals surface area contributed by atoms with Crippen molar-refractivity contribution in [2.45, 2.75) is 18.9 Å². The summed E-state index contributed by atoms with van der Waals surface area (Å²) >= 11 is 0. The molecule has 106 valence electrons. The standard InChI is InChI=1S/C16H18FNO2/c1-16(19,10-11-18)12-2-6-14(7-3-12)20-15-8-4-13(17)5-9-15/h2-9,19H,10-11,18H2,1H3. The maximum Gasteiger partial charge on any atom is 0.127 e. The van der Waals surface area contributed by atoms with Gasteiger partial charge >= 0.3 is 0 Å². The Balaban J connectivity index is 2.10. The Bertz CT molecular complexity index is 550. The van der Waals surface area contributed by atoms with Crippen LogP contribution in [0.5, 0.6) is 11.5 Å². The predicted octanol–water partition coefficient (Wildman–Crippen LogP) is 3.17. The zero-order valence-electron chi connectivity index (χ0n) is 11.3. The fourth-order valence-corrected chi connectivity index (χ4v) is 1.95. The monoisotopic (exact) mass is 275 g/mol. The van der Waals surface area contributed by atoms with E-state index in [1.54, 1.807) is 43.3 Å². The zero-order chi connectivity index (χ0) is 14.6. The van der Waals surface area contributed by atoms with Crippen LogP contribution in [0.4, 0.5) is 4.39 Å². The summed E-state index contributed by atoms with van der Waals surface area (Å²) in [5, 5.41) is 10.2. The van der Waals surface area contributed by atoms with Gasteiger partial charge in [0.15, 0.2) is 0 Å². The minimum atomic E-state index is -0.941. The lowest BCUT2D eigenvalue weighted by Gasteiger charge is -2.23. The minimum Gasteiger partial charge on any atom is -0.457 e. The molecule has 4 heteroatoms. The van der Waals surface area contributed by atoms with E-state index in [0.717, 1.165) is 5.56 Å². The summed E-state index contributed by atoms with van der Waals surface area (Å²) < 4.78 is 18.4. The fraction of sp³-hybridized carbons (Fsp3) is 0.250. The van der Waals surface area contributed by atoms with Crippen LogP contribution in [0.2, 0.25) is 0 Å².